The molecule has 2 amide bonds. The van der Waals surface area contributed by atoms with E-state index in [-0.39, 0.29) is 6.04 Å². The number of carbonyl (C=O) groups excluding carboxylic acids is 1. The summed E-state index contributed by atoms with van der Waals surface area (Å²) in [6.45, 7) is 3.56. The van der Waals surface area contributed by atoms with Crippen molar-refractivity contribution in [2.24, 2.45) is 5.73 Å². The zero-order valence-corrected chi connectivity index (χ0v) is 8.90. The number of rotatable bonds is 3. The SMILES string of the molecule is CC(N)C(C)(C)NC(=O)NCC(F)(F)F. The summed E-state index contributed by atoms with van der Waals surface area (Å²) in [6.07, 6.45) is -4.41. The van der Waals surface area contributed by atoms with Crippen LogP contribution >= 0.6 is 0 Å². The highest BCUT2D eigenvalue weighted by molar-refractivity contribution is 5.74. The molecule has 0 bridgehead atoms. The highest BCUT2D eigenvalue weighted by Gasteiger charge is 2.30. The Balaban J connectivity index is 4.05. The number of amides is 2. The van der Waals surface area contributed by atoms with Gasteiger partial charge in [0.05, 0.1) is 5.54 Å². The first kappa shape index (κ1) is 14.0. The largest absolute Gasteiger partial charge is 0.405 e. The molecule has 0 rings (SSSR count). The number of halogens is 3. The van der Waals surface area contributed by atoms with Gasteiger partial charge in [0.25, 0.3) is 0 Å². The van der Waals surface area contributed by atoms with Crippen LogP contribution in [0.15, 0.2) is 0 Å². The van der Waals surface area contributed by atoms with E-state index >= 15 is 0 Å². The summed E-state index contributed by atoms with van der Waals surface area (Å²) in [4.78, 5) is 11.0. The van der Waals surface area contributed by atoms with Crippen molar-refractivity contribution in [1.82, 2.24) is 10.6 Å². The molecule has 0 aromatic heterocycles. The van der Waals surface area contributed by atoms with Gasteiger partial charge in [-0.05, 0) is 20.8 Å². The zero-order valence-electron chi connectivity index (χ0n) is 8.90. The van der Waals surface area contributed by atoms with E-state index in [9.17, 15) is 18.0 Å². The van der Waals surface area contributed by atoms with Crippen molar-refractivity contribution >= 4 is 6.03 Å². The van der Waals surface area contributed by atoms with Crippen molar-refractivity contribution < 1.29 is 18.0 Å². The van der Waals surface area contributed by atoms with Crippen LogP contribution in [0.25, 0.3) is 0 Å². The summed E-state index contributed by atoms with van der Waals surface area (Å²) in [6, 6.07) is -1.25. The van der Waals surface area contributed by atoms with Crippen molar-refractivity contribution in [2.75, 3.05) is 6.54 Å². The molecule has 0 radical (unpaired) electrons. The van der Waals surface area contributed by atoms with Crippen LogP contribution in [-0.4, -0.2) is 30.3 Å². The Morgan fingerprint density at radius 2 is 1.87 bits per heavy atom. The molecule has 0 spiro atoms. The first-order chi connectivity index (χ1) is 6.54. The van der Waals surface area contributed by atoms with Gasteiger partial charge < -0.3 is 16.4 Å². The van der Waals surface area contributed by atoms with Crippen LogP contribution in [-0.2, 0) is 0 Å². The van der Waals surface area contributed by atoms with Crippen LogP contribution in [0.5, 0.6) is 0 Å². The minimum Gasteiger partial charge on any atom is -0.332 e. The smallest absolute Gasteiger partial charge is 0.332 e. The molecule has 4 nitrogen and oxygen atoms in total. The van der Waals surface area contributed by atoms with Gasteiger partial charge in [-0.2, -0.15) is 13.2 Å². The fraction of sp³-hybridized carbons (Fsp3) is 0.875. The van der Waals surface area contributed by atoms with E-state index in [4.69, 9.17) is 5.73 Å². The standard InChI is InChI=1S/C8H16F3N3O/c1-5(12)7(2,3)14-6(15)13-4-8(9,10)11/h5H,4,12H2,1-3H3,(H2,13,14,15). The second kappa shape index (κ2) is 4.69. The van der Waals surface area contributed by atoms with Crippen LogP contribution in [0, 0.1) is 0 Å². The molecule has 4 N–H and O–H groups in total. The van der Waals surface area contributed by atoms with Gasteiger partial charge in [-0.3, -0.25) is 0 Å². The lowest BCUT2D eigenvalue weighted by Gasteiger charge is -2.30. The maximum absolute atomic E-state index is 11.7. The number of nitrogens with two attached hydrogens (primary N) is 1. The number of nitrogens with one attached hydrogen (secondary N) is 2. The highest BCUT2D eigenvalue weighted by atomic mass is 19.4. The monoisotopic (exact) mass is 227 g/mol. The molecule has 0 saturated heterocycles. The molecule has 0 heterocycles. The topological polar surface area (TPSA) is 67.1 Å². The van der Waals surface area contributed by atoms with Crippen LogP contribution in [0.4, 0.5) is 18.0 Å². The van der Waals surface area contributed by atoms with Gasteiger partial charge in [-0.25, -0.2) is 4.79 Å². The minimum atomic E-state index is -4.41. The molecule has 1 atom stereocenters. The second-order valence-corrected chi connectivity index (χ2v) is 3.93. The summed E-state index contributed by atoms with van der Waals surface area (Å²) in [7, 11) is 0. The number of hydrogen-bond donors (Lipinski definition) is 3. The van der Waals surface area contributed by atoms with E-state index in [2.05, 4.69) is 5.32 Å². The van der Waals surface area contributed by atoms with Crippen LogP contribution in [0.3, 0.4) is 0 Å². The maximum Gasteiger partial charge on any atom is 0.405 e. The molecular formula is C8H16F3N3O. The predicted molar refractivity (Wildman–Crippen MR) is 50.3 cm³/mol. The van der Waals surface area contributed by atoms with E-state index in [1.807, 2.05) is 0 Å². The summed E-state index contributed by atoms with van der Waals surface area (Å²) in [5.41, 5.74) is 4.78. The third-order valence-electron chi connectivity index (χ3n) is 2.02. The van der Waals surface area contributed by atoms with E-state index in [1.54, 1.807) is 26.1 Å². The first-order valence-electron chi connectivity index (χ1n) is 4.43. The Hall–Kier alpha value is -0.980. The molecule has 0 aliphatic carbocycles. The highest BCUT2D eigenvalue weighted by Crippen LogP contribution is 2.12. The molecule has 1 unspecified atom stereocenters. The molecule has 15 heavy (non-hydrogen) atoms. The Morgan fingerprint density at radius 1 is 1.40 bits per heavy atom. The molecule has 7 heteroatoms. The zero-order chi connectivity index (χ0) is 12.3. The van der Waals surface area contributed by atoms with Crippen molar-refractivity contribution in [3.63, 3.8) is 0 Å². The Labute approximate surface area is 86.4 Å². The summed E-state index contributed by atoms with van der Waals surface area (Å²) < 4.78 is 35.2. The molecule has 0 fully saturated rings. The van der Waals surface area contributed by atoms with Crippen molar-refractivity contribution in [1.29, 1.82) is 0 Å². The van der Waals surface area contributed by atoms with Gasteiger partial charge in [-0.1, -0.05) is 0 Å². The van der Waals surface area contributed by atoms with Crippen LogP contribution in [0.1, 0.15) is 20.8 Å². The van der Waals surface area contributed by atoms with E-state index in [1.165, 1.54) is 0 Å². The average molecular weight is 227 g/mol. The molecule has 90 valence electrons. The van der Waals surface area contributed by atoms with Crippen molar-refractivity contribution in [3.8, 4) is 0 Å². The van der Waals surface area contributed by atoms with Crippen LogP contribution in [0.2, 0.25) is 0 Å². The number of alkyl halides is 3. The van der Waals surface area contributed by atoms with Gasteiger partial charge in [-0.15, -0.1) is 0 Å². The van der Waals surface area contributed by atoms with E-state index < -0.39 is 24.3 Å². The predicted octanol–water partition coefficient (Wildman–Crippen LogP) is 0.974. The summed E-state index contributed by atoms with van der Waals surface area (Å²) in [5, 5.41) is 4.06. The lowest BCUT2D eigenvalue weighted by atomic mass is 9.97. The van der Waals surface area contributed by atoms with Gasteiger partial charge >= 0.3 is 12.2 Å². The molecule has 0 aliphatic rings. The third-order valence-corrected chi connectivity index (χ3v) is 2.02. The van der Waals surface area contributed by atoms with Gasteiger partial charge in [0.1, 0.15) is 6.54 Å². The Morgan fingerprint density at radius 3 is 2.20 bits per heavy atom. The van der Waals surface area contributed by atoms with Crippen molar-refractivity contribution in [2.45, 2.75) is 38.5 Å². The summed E-state index contributed by atoms with van der Waals surface area (Å²) >= 11 is 0. The van der Waals surface area contributed by atoms with Gasteiger partial charge in [0.2, 0.25) is 0 Å². The number of hydrogen-bond acceptors (Lipinski definition) is 2. The average Bonchev–Trinajstić information content (AvgIpc) is 1.98. The molecule has 0 saturated carbocycles. The van der Waals surface area contributed by atoms with Gasteiger partial charge in [0, 0.05) is 6.04 Å². The van der Waals surface area contributed by atoms with Gasteiger partial charge in [0.15, 0.2) is 0 Å². The van der Waals surface area contributed by atoms with Crippen LogP contribution < -0.4 is 16.4 Å². The van der Waals surface area contributed by atoms with E-state index in [0.29, 0.717) is 0 Å². The maximum atomic E-state index is 11.7. The number of carbonyl (C=O) groups is 1. The quantitative estimate of drug-likeness (QED) is 0.672. The number of urea groups is 1. The lowest BCUT2D eigenvalue weighted by Crippen LogP contribution is -2.57. The first-order valence-corrected chi connectivity index (χ1v) is 4.43. The Bertz CT molecular complexity index is 226. The molecule has 0 aliphatic heterocycles. The second-order valence-electron chi connectivity index (χ2n) is 3.93. The normalized spacial score (nSPS) is 14.6. The molecular weight excluding hydrogens is 211 g/mol. The fourth-order valence-electron chi connectivity index (χ4n) is 0.631. The molecule has 0 aromatic rings. The fourth-order valence-corrected chi connectivity index (χ4v) is 0.631. The van der Waals surface area contributed by atoms with E-state index in [0.717, 1.165) is 0 Å². The lowest BCUT2D eigenvalue weighted by molar-refractivity contribution is -0.122. The third kappa shape index (κ3) is 6.16. The summed E-state index contributed by atoms with van der Waals surface area (Å²) in [5.74, 6) is 0. The minimum absolute atomic E-state index is 0.367. The Kier molecular flexibility index (Phi) is 4.39. The van der Waals surface area contributed by atoms with Crippen molar-refractivity contribution in [3.05, 3.63) is 0 Å². The molecule has 0 aromatic carbocycles.